The molecule has 1 fully saturated rings. The Labute approximate surface area is 149 Å². The third-order valence-electron chi connectivity index (χ3n) is 4.82. The van der Waals surface area contributed by atoms with Gasteiger partial charge in [-0.1, -0.05) is 67.8 Å². The minimum absolute atomic E-state index is 0.0921. The largest absolute Gasteiger partial charge is 0.342 e. The predicted molar refractivity (Wildman–Crippen MR) is 104 cm³/mol. The molecule has 1 amide bonds. The van der Waals surface area contributed by atoms with Crippen LogP contribution in [0.1, 0.15) is 18.4 Å². The Morgan fingerprint density at radius 1 is 1.12 bits per heavy atom. The highest BCUT2D eigenvalue weighted by Gasteiger charge is 2.46. The molecule has 3 nitrogen and oxygen atoms in total. The lowest BCUT2D eigenvalue weighted by Crippen LogP contribution is -2.36. The first-order valence-electron chi connectivity index (χ1n) is 8.58. The summed E-state index contributed by atoms with van der Waals surface area (Å²) < 4.78 is 0. The van der Waals surface area contributed by atoms with Crippen LogP contribution in [0.2, 0.25) is 0 Å². The molecule has 1 saturated carbocycles. The predicted octanol–water partition coefficient (Wildman–Crippen LogP) is 3.83. The fraction of sp³-hybridized carbons (Fsp3) is 0.227. The molecule has 2 aromatic carbocycles. The highest BCUT2D eigenvalue weighted by atomic mass is 16.1. The number of fused-ring (bicyclic) bond motifs is 1. The van der Waals surface area contributed by atoms with Crippen LogP contribution >= 0.6 is 0 Å². The molecular weight excluding hydrogens is 308 g/mol. The Morgan fingerprint density at radius 2 is 1.84 bits per heavy atom. The van der Waals surface area contributed by atoms with Gasteiger partial charge in [-0.15, -0.1) is 0 Å². The van der Waals surface area contributed by atoms with Crippen molar-refractivity contribution in [3.8, 4) is 0 Å². The molecule has 2 N–H and O–H groups in total. The van der Waals surface area contributed by atoms with Crippen LogP contribution in [0.5, 0.6) is 0 Å². The van der Waals surface area contributed by atoms with Gasteiger partial charge in [0.05, 0.1) is 5.54 Å². The molecule has 1 aliphatic rings. The Hall–Kier alpha value is -2.65. The third-order valence-corrected chi connectivity index (χ3v) is 4.82. The van der Waals surface area contributed by atoms with Gasteiger partial charge in [-0.3, -0.25) is 4.79 Å². The fourth-order valence-electron chi connectivity index (χ4n) is 3.35. The maximum Gasteiger partial charge on any atom is 0.252 e. The lowest BCUT2D eigenvalue weighted by molar-refractivity contribution is -0.118. The molecule has 2 aromatic rings. The molecule has 3 heteroatoms. The van der Waals surface area contributed by atoms with Crippen molar-refractivity contribution >= 4 is 16.7 Å². The second-order valence-electron chi connectivity index (χ2n) is 6.44. The first kappa shape index (κ1) is 17.2. The molecule has 1 aliphatic carbocycles. The van der Waals surface area contributed by atoms with E-state index in [1.165, 1.54) is 16.3 Å². The quantitative estimate of drug-likeness (QED) is 0.597. The minimum atomic E-state index is -0.280. The number of carbonyl (C=O) groups excluding carboxylic acids is 1. The Morgan fingerprint density at radius 3 is 2.48 bits per heavy atom. The van der Waals surface area contributed by atoms with Gasteiger partial charge in [0, 0.05) is 12.1 Å². The van der Waals surface area contributed by atoms with Crippen molar-refractivity contribution in [2.75, 3.05) is 13.6 Å². The molecule has 0 heterocycles. The van der Waals surface area contributed by atoms with Gasteiger partial charge in [0.15, 0.2) is 0 Å². The topological polar surface area (TPSA) is 41.1 Å². The zero-order chi connectivity index (χ0) is 17.9. The van der Waals surface area contributed by atoms with Gasteiger partial charge in [-0.05, 0) is 41.8 Å². The van der Waals surface area contributed by atoms with Crippen LogP contribution in [0.15, 0.2) is 78.9 Å². The number of benzene rings is 2. The van der Waals surface area contributed by atoms with Gasteiger partial charge in [-0.25, -0.2) is 0 Å². The summed E-state index contributed by atoms with van der Waals surface area (Å²) >= 11 is 0. The van der Waals surface area contributed by atoms with E-state index in [1.807, 2.05) is 19.2 Å². The summed E-state index contributed by atoms with van der Waals surface area (Å²) in [4.78, 5) is 12.9. The minimum Gasteiger partial charge on any atom is -0.342 e. The Bertz CT molecular complexity index is 854. The number of hydrogen-bond acceptors (Lipinski definition) is 2. The van der Waals surface area contributed by atoms with E-state index in [2.05, 4.69) is 54.1 Å². The SMILES string of the molecule is C=C/C(CNC)=C(\C=C)C(=O)NC1(c2cccc3ccccc23)CC1. The summed E-state index contributed by atoms with van der Waals surface area (Å²) in [5, 5.41) is 8.72. The van der Waals surface area contributed by atoms with Crippen LogP contribution in [0.3, 0.4) is 0 Å². The lowest BCUT2D eigenvalue weighted by Gasteiger charge is -2.21. The second kappa shape index (κ2) is 7.08. The van der Waals surface area contributed by atoms with E-state index in [4.69, 9.17) is 0 Å². The molecule has 3 rings (SSSR count). The average Bonchev–Trinajstić information content (AvgIpc) is 3.41. The van der Waals surface area contributed by atoms with Crippen molar-refractivity contribution in [3.63, 3.8) is 0 Å². The highest BCUT2D eigenvalue weighted by Crippen LogP contribution is 2.48. The van der Waals surface area contributed by atoms with Crippen molar-refractivity contribution in [2.45, 2.75) is 18.4 Å². The molecule has 0 unspecified atom stereocenters. The van der Waals surface area contributed by atoms with Gasteiger partial charge in [0.25, 0.3) is 5.91 Å². The summed E-state index contributed by atoms with van der Waals surface area (Å²) in [5.41, 5.74) is 2.34. The van der Waals surface area contributed by atoms with E-state index >= 15 is 0 Å². The standard InChI is InChI=1S/C22H24N2O/c1-4-16(15-23-3)18(5-2)21(25)24-22(13-14-22)20-12-8-10-17-9-6-7-11-19(17)20/h4-12,23H,1-2,13-15H2,3H3,(H,24,25)/b18-16-. The zero-order valence-corrected chi connectivity index (χ0v) is 14.6. The van der Waals surface area contributed by atoms with E-state index in [0.29, 0.717) is 12.1 Å². The molecule has 0 aromatic heterocycles. The van der Waals surface area contributed by atoms with Crippen molar-refractivity contribution in [3.05, 3.63) is 84.5 Å². The van der Waals surface area contributed by atoms with Crippen molar-refractivity contribution in [1.29, 1.82) is 0 Å². The van der Waals surface area contributed by atoms with Gasteiger partial charge in [0.2, 0.25) is 0 Å². The zero-order valence-electron chi connectivity index (χ0n) is 14.6. The molecule has 0 radical (unpaired) electrons. The second-order valence-corrected chi connectivity index (χ2v) is 6.44. The van der Waals surface area contributed by atoms with Gasteiger partial charge in [0.1, 0.15) is 0 Å². The van der Waals surface area contributed by atoms with E-state index in [0.717, 1.165) is 18.4 Å². The summed E-state index contributed by atoms with van der Waals surface area (Å²) in [7, 11) is 1.85. The molecule has 128 valence electrons. The summed E-state index contributed by atoms with van der Waals surface area (Å²) in [5.74, 6) is -0.0921. The molecular formula is C22H24N2O. The molecule has 0 saturated heterocycles. The van der Waals surface area contributed by atoms with E-state index in [-0.39, 0.29) is 11.4 Å². The Balaban J connectivity index is 1.95. The van der Waals surface area contributed by atoms with Gasteiger partial charge < -0.3 is 10.6 Å². The summed E-state index contributed by atoms with van der Waals surface area (Å²) in [6.07, 6.45) is 5.23. The lowest BCUT2D eigenvalue weighted by atomic mass is 9.96. The third kappa shape index (κ3) is 3.28. The van der Waals surface area contributed by atoms with Crippen LogP contribution in [0, 0.1) is 0 Å². The first-order chi connectivity index (χ1) is 12.1. The van der Waals surface area contributed by atoms with Gasteiger partial charge in [-0.2, -0.15) is 0 Å². The van der Waals surface area contributed by atoms with Gasteiger partial charge >= 0.3 is 0 Å². The molecule has 25 heavy (non-hydrogen) atoms. The van der Waals surface area contributed by atoms with E-state index < -0.39 is 0 Å². The number of rotatable bonds is 7. The highest BCUT2D eigenvalue weighted by molar-refractivity contribution is 5.99. The number of nitrogens with one attached hydrogen (secondary N) is 2. The van der Waals surface area contributed by atoms with Crippen LogP contribution in [-0.2, 0) is 10.3 Å². The molecule has 0 atom stereocenters. The van der Waals surface area contributed by atoms with Crippen LogP contribution in [-0.4, -0.2) is 19.5 Å². The van der Waals surface area contributed by atoms with E-state index in [9.17, 15) is 4.79 Å². The first-order valence-corrected chi connectivity index (χ1v) is 8.58. The number of likely N-dealkylation sites (N-methyl/N-ethyl adjacent to an activating group) is 1. The van der Waals surface area contributed by atoms with Crippen molar-refractivity contribution < 1.29 is 4.79 Å². The molecule has 0 aliphatic heterocycles. The summed E-state index contributed by atoms with van der Waals surface area (Å²) in [6.45, 7) is 8.21. The van der Waals surface area contributed by atoms with Crippen molar-refractivity contribution in [1.82, 2.24) is 10.6 Å². The number of amides is 1. The summed E-state index contributed by atoms with van der Waals surface area (Å²) in [6, 6.07) is 14.6. The maximum atomic E-state index is 12.9. The monoisotopic (exact) mass is 332 g/mol. The smallest absolute Gasteiger partial charge is 0.252 e. The van der Waals surface area contributed by atoms with Crippen LogP contribution in [0.4, 0.5) is 0 Å². The van der Waals surface area contributed by atoms with Crippen molar-refractivity contribution in [2.24, 2.45) is 0 Å². The number of carbonyl (C=O) groups is 1. The van der Waals surface area contributed by atoms with Crippen LogP contribution < -0.4 is 10.6 Å². The molecule has 0 bridgehead atoms. The fourth-order valence-corrected chi connectivity index (χ4v) is 3.35. The Kier molecular flexibility index (Phi) is 4.86. The maximum absolute atomic E-state index is 12.9. The normalized spacial score (nSPS) is 16.0. The molecule has 0 spiro atoms. The van der Waals surface area contributed by atoms with E-state index in [1.54, 1.807) is 12.2 Å². The average molecular weight is 332 g/mol. The number of hydrogen-bond donors (Lipinski definition) is 2. The van der Waals surface area contributed by atoms with Crippen LogP contribution in [0.25, 0.3) is 10.8 Å².